The summed E-state index contributed by atoms with van der Waals surface area (Å²) in [5.41, 5.74) is 1.92. The van der Waals surface area contributed by atoms with Gasteiger partial charge in [0, 0.05) is 31.0 Å². The van der Waals surface area contributed by atoms with Crippen LogP contribution in [0.1, 0.15) is 33.4 Å². The van der Waals surface area contributed by atoms with E-state index in [9.17, 15) is 14.4 Å². The van der Waals surface area contributed by atoms with Crippen molar-refractivity contribution in [3.63, 3.8) is 0 Å². The van der Waals surface area contributed by atoms with Crippen molar-refractivity contribution in [3.8, 4) is 11.3 Å². The molecule has 1 aromatic heterocycles. The molecule has 2 N–H and O–H groups in total. The van der Waals surface area contributed by atoms with Crippen LogP contribution in [0.2, 0.25) is 0 Å². The molecule has 28 heavy (non-hydrogen) atoms. The first-order valence-electron chi connectivity index (χ1n) is 8.75. The monoisotopic (exact) mass is 393 g/mol. The normalized spacial score (nSPS) is 10.3. The van der Waals surface area contributed by atoms with E-state index in [-0.39, 0.29) is 30.6 Å². The first kappa shape index (κ1) is 19.4. The van der Waals surface area contributed by atoms with Crippen molar-refractivity contribution in [2.75, 3.05) is 11.9 Å². The molecule has 0 aliphatic heterocycles. The summed E-state index contributed by atoms with van der Waals surface area (Å²) in [4.78, 5) is 41.0. The molecule has 0 bridgehead atoms. The number of hydrogen-bond acceptors (Lipinski definition) is 5. The van der Waals surface area contributed by atoms with Crippen molar-refractivity contribution in [1.82, 2.24) is 10.3 Å². The topological polar surface area (TPSA) is 88.2 Å². The van der Waals surface area contributed by atoms with Crippen molar-refractivity contribution in [3.05, 3.63) is 71.1 Å². The molecule has 3 aromatic rings. The van der Waals surface area contributed by atoms with E-state index in [4.69, 9.17) is 0 Å². The van der Waals surface area contributed by atoms with Crippen molar-refractivity contribution >= 4 is 34.1 Å². The van der Waals surface area contributed by atoms with Gasteiger partial charge in [-0.05, 0) is 12.1 Å². The molecule has 7 heteroatoms. The minimum atomic E-state index is -0.281. The van der Waals surface area contributed by atoms with Gasteiger partial charge in [-0.3, -0.25) is 14.4 Å². The largest absolute Gasteiger partial charge is 0.352 e. The zero-order chi connectivity index (χ0) is 19.9. The predicted molar refractivity (Wildman–Crippen MR) is 110 cm³/mol. The number of aromatic nitrogens is 1. The molecular weight excluding hydrogens is 374 g/mol. The fourth-order valence-corrected chi connectivity index (χ4v) is 3.47. The second-order valence-electron chi connectivity index (χ2n) is 6.04. The van der Waals surface area contributed by atoms with Gasteiger partial charge in [-0.1, -0.05) is 59.9 Å². The third-order valence-corrected chi connectivity index (χ3v) is 4.99. The Morgan fingerprint density at radius 2 is 1.61 bits per heavy atom. The number of hydrogen-bond donors (Lipinski definition) is 2. The van der Waals surface area contributed by atoms with Crippen LogP contribution in [0.15, 0.2) is 60.7 Å². The molecule has 2 aromatic carbocycles. The van der Waals surface area contributed by atoms with Crippen LogP contribution < -0.4 is 10.6 Å². The summed E-state index contributed by atoms with van der Waals surface area (Å²) in [6.45, 7) is 1.68. The molecule has 0 saturated carbocycles. The summed E-state index contributed by atoms with van der Waals surface area (Å²) < 4.78 is 0. The smallest absolute Gasteiger partial charge is 0.251 e. The number of rotatable bonds is 7. The number of benzene rings is 2. The van der Waals surface area contributed by atoms with Crippen LogP contribution in [-0.2, 0) is 4.79 Å². The molecule has 0 aliphatic rings. The van der Waals surface area contributed by atoms with E-state index in [1.807, 2.05) is 36.4 Å². The number of Topliss-reactive ketones (excluding diaryl/α,β-unsaturated/α-hetero) is 1. The van der Waals surface area contributed by atoms with Gasteiger partial charge in [-0.2, -0.15) is 0 Å². The van der Waals surface area contributed by atoms with E-state index in [1.165, 1.54) is 6.92 Å². The molecule has 0 spiro atoms. The van der Waals surface area contributed by atoms with Gasteiger partial charge in [0.1, 0.15) is 0 Å². The number of nitrogens with one attached hydrogen (secondary N) is 2. The minimum Gasteiger partial charge on any atom is -0.352 e. The molecule has 0 fully saturated rings. The Bertz CT molecular complexity index is 985. The zero-order valence-electron chi connectivity index (χ0n) is 15.3. The maximum Gasteiger partial charge on any atom is 0.251 e. The van der Waals surface area contributed by atoms with E-state index in [0.29, 0.717) is 21.3 Å². The van der Waals surface area contributed by atoms with Gasteiger partial charge in [0.05, 0.1) is 10.6 Å². The van der Waals surface area contributed by atoms with Crippen LogP contribution in [-0.4, -0.2) is 29.1 Å². The Hall–Kier alpha value is -3.32. The number of thiazole rings is 1. The lowest BCUT2D eigenvalue weighted by Gasteiger charge is -2.05. The SMILES string of the molecule is CC(=O)c1sc(NC(=O)CCNC(=O)c2ccccc2)nc1-c1ccccc1. The van der Waals surface area contributed by atoms with Crippen molar-refractivity contribution in [2.24, 2.45) is 0 Å². The van der Waals surface area contributed by atoms with Gasteiger partial charge in [0.2, 0.25) is 5.91 Å². The molecule has 0 saturated heterocycles. The number of carbonyl (C=O) groups is 3. The Morgan fingerprint density at radius 1 is 0.964 bits per heavy atom. The van der Waals surface area contributed by atoms with Crippen molar-refractivity contribution < 1.29 is 14.4 Å². The van der Waals surface area contributed by atoms with E-state index >= 15 is 0 Å². The summed E-state index contributed by atoms with van der Waals surface area (Å²) in [6, 6.07) is 18.2. The second kappa shape index (κ2) is 9.05. The average Bonchev–Trinajstić information content (AvgIpc) is 3.13. The van der Waals surface area contributed by atoms with E-state index in [1.54, 1.807) is 24.3 Å². The van der Waals surface area contributed by atoms with Crippen LogP contribution in [0.3, 0.4) is 0 Å². The Labute approximate surface area is 166 Å². The highest BCUT2D eigenvalue weighted by Crippen LogP contribution is 2.31. The summed E-state index contributed by atoms with van der Waals surface area (Å²) >= 11 is 1.15. The van der Waals surface area contributed by atoms with E-state index in [2.05, 4.69) is 15.6 Å². The minimum absolute atomic E-state index is 0.105. The predicted octanol–water partition coefficient (Wildman–Crippen LogP) is 3.77. The lowest BCUT2D eigenvalue weighted by atomic mass is 10.1. The van der Waals surface area contributed by atoms with Crippen LogP contribution in [0.25, 0.3) is 11.3 Å². The highest BCUT2D eigenvalue weighted by Gasteiger charge is 2.17. The van der Waals surface area contributed by atoms with Crippen molar-refractivity contribution in [1.29, 1.82) is 0 Å². The van der Waals surface area contributed by atoms with Gasteiger partial charge in [0.15, 0.2) is 10.9 Å². The number of amides is 2. The molecular formula is C21H19N3O3S. The van der Waals surface area contributed by atoms with Crippen LogP contribution >= 0.6 is 11.3 Å². The first-order valence-corrected chi connectivity index (χ1v) is 9.56. The number of anilines is 1. The van der Waals surface area contributed by atoms with E-state index < -0.39 is 0 Å². The molecule has 0 unspecified atom stereocenters. The van der Waals surface area contributed by atoms with Gasteiger partial charge in [0.25, 0.3) is 5.91 Å². The number of ketones is 1. The molecule has 3 rings (SSSR count). The molecule has 1 heterocycles. The molecule has 6 nitrogen and oxygen atoms in total. The molecule has 0 aliphatic carbocycles. The Balaban J connectivity index is 1.60. The number of carbonyl (C=O) groups excluding carboxylic acids is 3. The zero-order valence-corrected chi connectivity index (χ0v) is 16.1. The summed E-state index contributed by atoms with van der Waals surface area (Å²) in [5.74, 6) is -0.614. The van der Waals surface area contributed by atoms with Gasteiger partial charge < -0.3 is 10.6 Å². The maximum atomic E-state index is 12.2. The molecule has 142 valence electrons. The van der Waals surface area contributed by atoms with Crippen LogP contribution in [0.5, 0.6) is 0 Å². The quantitative estimate of drug-likeness (QED) is 0.598. The standard InChI is InChI=1S/C21H19N3O3S/c1-14(25)19-18(15-8-4-2-5-9-15)24-21(28-19)23-17(26)12-13-22-20(27)16-10-6-3-7-11-16/h2-11H,12-13H2,1H3,(H,22,27)(H,23,24,26). The Morgan fingerprint density at radius 3 is 2.25 bits per heavy atom. The third kappa shape index (κ3) is 4.89. The van der Waals surface area contributed by atoms with Gasteiger partial charge in [-0.15, -0.1) is 0 Å². The summed E-state index contributed by atoms with van der Waals surface area (Å²) in [6.07, 6.45) is 0.105. The first-order chi connectivity index (χ1) is 13.5. The number of nitrogens with zero attached hydrogens (tertiary/aromatic N) is 1. The Kier molecular flexibility index (Phi) is 6.29. The molecule has 2 amide bonds. The summed E-state index contributed by atoms with van der Waals surface area (Å²) in [7, 11) is 0. The fraction of sp³-hybridized carbons (Fsp3) is 0.143. The van der Waals surface area contributed by atoms with Crippen LogP contribution in [0, 0.1) is 0 Å². The van der Waals surface area contributed by atoms with Gasteiger partial charge in [-0.25, -0.2) is 4.98 Å². The average molecular weight is 393 g/mol. The molecule has 0 atom stereocenters. The lowest BCUT2D eigenvalue weighted by Crippen LogP contribution is -2.27. The second-order valence-corrected chi connectivity index (χ2v) is 7.04. The van der Waals surface area contributed by atoms with E-state index in [0.717, 1.165) is 16.9 Å². The summed E-state index contributed by atoms with van der Waals surface area (Å²) in [5, 5.41) is 5.78. The van der Waals surface area contributed by atoms with Crippen molar-refractivity contribution in [2.45, 2.75) is 13.3 Å². The highest BCUT2D eigenvalue weighted by atomic mass is 32.1. The third-order valence-electron chi connectivity index (χ3n) is 3.91. The van der Waals surface area contributed by atoms with Gasteiger partial charge >= 0.3 is 0 Å². The lowest BCUT2D eigenvalue weighted by molar-refractivity contribution is -0.116. The molecule has 0 radical (unpaired) electrons. The maximum absolute atomic E-state index is 12.2. The van der Waals surface area contributed by atoms with Crippen LogP contribution in [0.4, 0.5) is 5.13 Å². The fourth-order valence-electron chi connectivity index (χ4n) is 2.57. The highest BCUT2D eigenvalue weighted by molar-refractivity contribution is 7.18.